The highest BCUT2D eigenvalue weighted by atomic mass is 16.6. The van der Waals surface area contributed by atoms with Gasteiger partial charge >= 0.3 is 29.8 Å². The zero-order chi connectivity index (χ0) is 34.9. The molecule has 0 aromatic heterocycles. The zero-order valence-corrected chi connectivity index (χ0v) is 28.1. The van der Waals surface area contributed by atoms with Crippen LogP contribution in [0.15, 0.2) is 30.3 Å². The van der Waals surface area contributed by atoms with E-state index < -0.39 is 100.0 Å². The highest BCUT2D eigenvalue weighted by molar-refractivity contribution is 5.90. The van der Waals surface area contributed by atoms with E-state index >= 15 is 0 Å². The van der Waals surface area contributed by atoms with E-state index in [4.69, 9.17) is 23.7 Å². The van der Waals surface area contributed by atoms with Crippen molar-refractivity contribution in [3.63, 3.8) is 0 Å². The van der Waals surface area contributed by atoms with Gasteiger partial charge in [0.1, 0.15) is 23.6 Å². The molecule has 12 nitrogen and oxygen atoms in total. The number of ether oxygens (including phenoxy) is 5. The molecule has 4 aliphatic carbocycles. The van der Waals surface area contributed by atoms with Crippen LogP contribution in [0.4, 0.5) is 0 Å². The van der Waals surface area contributed by atoms with E-state index in [2.05, 4.69) is 0 Å². The van der Waals surface area contributed by atoms with Gasteiger partial charge in [-0.1, -0.05) is 45.9 Å². The third-order valence-corrected chi connectivity index (χ3v) is 11.0. The Bertz CT molecular complexity index is 1490. The molecule has 4 saturated carbocycles. The molecular formula is C35H44O12. The number of Topliss-reactive ketones (excluding diaryl/α,β-unsaturated/α-hetero) is 1. The van der Waals surface area contributed by atoms with Crippen molar-refractivity contribution >= 4 is 35.6 Å². The van der Waals surface area contributed by atoms with Crippen molar-refractivity contribution in [1.82, 2.24) is 0 Å². The number of hydrogen-bond acceptors (Lipinski definition) is 12. The van der Waals surface area contributed by atoms with Gasteiger partial charge < -0.3 is 28.8 Å². The lowest BCUT2D eigenvalue weighted by Gasteiger charge is -2.58. The number of esters is 5. The summed E-state index contributed by atoms with van der Waals surface area (Å²) in [5, 5.41) is 13.1. The Balaban J connectivity index is 1.85. The molecule has 0 saturated heterocycles. The van der Waals surface area contributed by atoms with Gasteiger partial charge in [0, 0.05) is 45.4 Å². The summed E-state index contributed by atoms with van der Waals surface area (Å²) in [6, 6.07) is 8.18. The molecule has 5 rings (SSSR count). The summed E-state index contributed by atoms with van der Waals surface area (Å²) < 4.78 is 30.5. The summed E-state index contributed by atoms with van der Waals surface area (Å²) in [4.78, 5) is 79.6. The molecule has 0 spiro atoms. The van der Waals surface area contributed by atoms with E-state index in [1.807, 2.05) is 0 Å². The van der Waals surface area contributed by atoms with Crippen molar-refractivity contribution in [1.29, 1.82) is 0 Å². The molecule has 1 aromatic carbocycles. The molecule has 0 amide bonds. The van der Waals surface area contributed by atoms with Gasteiger partial charge in [0.2, 0.25) is 0 Å². The minimum absolute atomic E-state index is 0.104. The molecule has 0 radical (unpaired) electrons. The van der Waals surface area contributed by atoms with Gasteiger partial charge in [0.25, 0.3) is 0 Å². The number of ketones is 1. The molecule has 0 heterocycles. The Kier molecular flexibility index (Phi) is 8.61. The van der Waals surface area contributed by atoms with Gasteiger partial charge in [-0.3, -0.25) is 24.0 Å². The lowest BCUT2D eigenvalue weighted by atomic mass is 9.53. The second-order valence-electron chi connectivity index (χ2n) is 14.7. The van der Waals surface area contributed by atoms with E-state index in [1.165, 1.54) is 6.92 Å². The van der Waals surface area contributed by atoms with Crippen LogP contribution >= 0.6 is 0 Å². The maximum absolute atomic E-state index is 14.1. The van der Waals surface area contributed by atoms with Crippen LogP contribution in [0.5, 0.6) is 0 Å². The van der Waals surface area contributed by atoms with Crippen molar-refractivity contribution in [2.75, 3.05) is 0 Å². The highest BCUT2D eigenvalue weighted by Crippen LogP contribution is 2.69. The second kappa shape index (κ2) is 11.7. The summed E-state index contributed by atoms with van der Waals surface area (Å²) in [5.74, 6) is -7.49. The largest absolute Gasteiger partial charge is 0.459 e. The standard InChI is InChI=1S/C35H44O12/c1-17-14-34(42)25(26(17)46-29(41)22-12-10-9-11-13-22)28(43-18(2)36)35(47-21(5)39)15-23-24(16-32(6,7)27(23)40)33(8,30(34)44-19(3)37)31(35)45-20(4)38/h9-13,17,23-26,28,30-31,42H,14-16H2,1-8H3. The topological polar surface area (TPSA) is 169 Å². The molecule has 0 aliphatic heterocycles. The third-order valence-electron chi connectivity index (χ3n) is 11.0. The fraction of sp³-hybridized carbons (Fsp3) is 0.657. The Hall–Kier alpha value is -3.80. The maximum Gasteiger partial charge on any atom is 0.338 e. The fourth-order valence-electron chi connectivity index (χ4n) is 9.62. The van der Waals surface area contributed by atoms with Gasteiger partial charge in [0.15, 0.2) is 17.8 Å². The van der Waals surface area contributed by atoms with Crippen LogP contribution < -0.4 is 0 Å². The summed E-state index contributed by atoms with van der Waals surface area (Å²) >= 11 is 0. The second-order valence-corrected chi connectivity index (χ2v) is 14.7. The normalized spacial score (nSPS) is 39.8. The van der Waals surface area contributed by atoms with Crippen LogP contribution in [-0.2, 0) is 47.7 Å². The average Bonchev–Trinajstić information content (AvgIpc) is 3.34. The van der Waals surface area contributed by atoms with Crippen molar-refractivity contribution in [2.45, 2.75) is 110 Å². The van der Waals surface area contributed by atoms with Gasteiger partial charge in [-0.15, -0.1) is 0 Å². The SMILES string of the molecule is CC(=O)OC1C2C(OC(=O)c3ccccc3)C(C)CC2(O)C(OC(C)=O)C2(C)C3CC(C)(C)C(=O)C3CC1(OC(C)=O)C2OC(C)=O. The van der Waals surface area contributed by atoms with E-state index in [1.54, 1.807) is 58.0 Å². The smallest absolute Gasteiger partial charge is 0.338 e. The van der Waals surface area contributed by atoms with Gasteiger partial charge in [-0.25, -0.2) is 4.79 Å². The number of aliphatic hydroxyl groups is 1. The van der Waals surface area contributed by atoms with Crippen molar-refractivity contribution in [3.8, 4) is 0 Å². The molecule has 47 heavy (non-hydrogen) atoms. The summed E-state index contributed by atoms with van der Waals surface area (Å²) in [6.07, 6.45) is -5.80. The molecule has 1 aromatic rings. The van der Waals surface area contributed by atoms with E-state index in [0.717, 1.165) is 20.8 Å². The van der Waals surface area contributed by atoms with Crippen LogP contribution in [0.3, 0.4) is 0 Å². The Morgan fingerprint density at radius 1 is 0.766 bits per heavy atom. The first kappa shape index (κ1) is 34.5. The molecular weight excluding hydrogens is 612 g/mol. The first-order chi connectivity index (χ1) is 21.8. The molecule has 2 bridgehead atoms. The fourth-order valence-corrected chi connectivity index (χ4v) is 9.62. The molecule has 11 unspecified atom stereocenters. The Labute approximate surface area is 273 Å². The Morgan fingerprint density at radius 3 is 1.89 bits per heavy atom. The van der Waals surface area contributed by atoms with E-state index in [0.29, 0.717) is 0 Å². The maximum atomic E-state index is 14.1. The molecule has 11 atom stereocenters. The van der Waals surface area contributed by atoms with Crippen molar-refractivity contribution in [2.24, 2.45) is 34.5 Å². The van der Waals surface area contributed by atoms with Crippen molar-refractivity contribution < 1.29 is 57.6 Å². The van der Waals surface area contributed by atoms with Crippen LogP contribution in [0.25, 0.3) is 0 Å². The summed E-state index contributed by atoms with van der Waals surface area (Å²) in [5.41, 5.74) is -6.38. The number of carbonyl (C=O) groups excluding carboxylic acids is 6. The predicted molar refractivity (Wildman–Crippen MR) is 162 cm³/mol. The van der Waals surface area contributed by atoms with Crippen LogP contribution in [-0.4, -0.2) is 76.4 Å². The zero-order valence-electron chi connectivity index (χ0n) is 28.1. The Morgan fingerprint density at radius 2 is 1.34 bits per heavy atom. The van der Waals surface area contributed by atoms with E-state index in [9.17, 15) is 33.9 Å². The van der Waals surface area contributed by atoms with Gasteiger partial charge in [0.05, 0.1) is 16.9 Å². The van der Waals surface area contributed by atoms with Crippen molar-refractivity contribution in [3.05, 3.63) is 35.9 Å². The third kappa shape index (κ3) is 5.42. The lowest BCUT2D eigenvalue weighted by Crippen LogP contribution is -2.70. The minimum Gasteiger partial charge on any atom is -0.459 e. The van der Waals surface area contributed by atoms with Crippen LogP contribution in [0.2, 0.25) is 0 Å². The minimum atomic E-state index is -2.09. The van der Waals surface area contributed by atoms with Gasteiger partial charge in [-0.2, -0.15) is 0 Å². The van der Waals surface area contributed by atoms with Crippen LogP contribution in [0, 0.1) is 34.5 Å². The molecule has 1 N–H and O–H groups in total. The summed E-state index contributed by atoms with van der Waals surface area (Å²) in [6.45, 7) is 11.6. The number of hydrogen-bond donors (Lipinski definition) is 1. The predicted octanol–water partition coefficient (Wildman–Crippen LogP) is 3.35. The van der Waals surface area contributed by atoms with E-state index in [-0.39, 0.29) is 30.6 Å². The number of carbonyl (C=O) groups is 6. The highest BCUT2D eigenvalue weighted by Gasteiger charge is 2.82. The number of fused-ring (bicyclic) bond motifs is 5. The molecule has 256 valence electrons. The quantitative estimate of drug-likeness (QED) is 0.351. The lowest BCUT2D eigenvalue weighted by molar-refractivity contribution is -0.268. The summed E-state index contributed by atoms with van der Waals surface area (Å²) in [7, 11) is 0. The first-order valence-corrected chi connectivity index (χ1v) is 16.0. The molecule has 4 fully saturated rings. The number of rotatable bonds is 6. The number of benzene rings is 1. The monoisotopic (exact) mass is 656 g/mol. The molecule has 12 heteroatoms. The first-order valence-electron chi connectivity index (χ1n) is 16.0. The van der Waals surface area contributed by atoms with Crippen LogP contribution in [0.1, 0.15) is 85.0 Å². The molecule has 4 aliphatic rings. The average molecular weight is 657 g/mol. The van der Waals surface area contributed by atoms with Gasteiger partial charge in [-0.05, 0) is 36.8 Å².